The number of aryl methyl sites for hydroxylation is 1. The molecule has 0 N–H and O–H groups in total. The Labute approximate surface area is 168 Å². The number of para-hydroxylation sites is 2. The molecule has 0 aliphatic carbocycles. The van der Waals surface area contributed by atoms with Crippen LogP contribution in [-0.4, -0.2) is 40.2 Å². The molecule has 7 heteroatoms. The first-order valence-corrected chi connectivity index (χ1v) is 9.54. The number of carbonyl (C=O) groups excluding carboxylic acids is 1. The lowest BCUT2D eigenvalue weighted by atomic mass is 10.3. The maximum atomic E-state index is 12.5. The number of imidazole rings is 2. The van der Waals surface area contributed by atoms with Crippen LogP contribution in [0.4, 0.5) is 0 Å². The van der Waals surface area contributed by atoms with Crippen LogP contribution in [0.25, 0.3) is 16.8 Å². The first kappa shape index (κ1) is 18.9. The Bertz CT molecular complexity index is 1160. The highest BCUT2D eigenvalue weighted by Gasteiger charge is 2.23. The summed E-state index contributed by atoms with van der Waals surface area (Å²) in [4.78, 5) is 17.2. The van der Waals surface area contributed by atoms with E-state index in [1.54, 1.807) is 14.0 Å². The van der Waals surface area contributed by atoms with Crippen LogP contribution in [0.1, 0.15) is 23.1 Å². The Morgan fingerprint density at radius 2 is 1.72 bits per heavy atom. The molecule has 150 valence electrons. The van der Waals surface area contributed by atoms with Gasteiger partial charge in [0.25, 0.3) is 0 Å². The minimum Gasteiger partial charge on any atom is -0.497 e. The second kappa shape index (κ2) is 7.87. The van der Waals surface area contributed by atoms with Crippen molar-refractivity contribution in [1.29, 1.82) is 0 Å². The number of hydrogen-bond donors (Lipinski definition) is 0. The molecular weight excluding hydrogens is 370 g/mol. The van der Waals surface area contributed by atoms with E-state index in [1.807, 2.05) is 59.9 Å². The second-order valence-corrected chi connectivity index (χ2v) is 6.57. The van der Waals surface area contributed by atoms with Crippen LogP contribution in [0, 0.1) is 6.92 Å². The van der Waals surface area contributed by atoms with Crippen LogP contribution in [0.15, 0.2) is 48.5 Å². The molecule has 0 spiro atoms. The number of benzene rings is 2. The summed E-state index contributed by atoms with van der Waals surface area (Å²) in [6.07, 6.45) is 0. The van der Waals surface area contributed by atoms with Crippen molar-refractivity contribution in [3.8, 4) is 11.5 Å². The molecule has 0 atom stereocenters. The van der Waals surface area contributed by atoms with E-state index in [4.69, 9.17) is 14.2 Å². The minimum atomic E-state index is -0.366. The molecule has 4 rings (SSSR count). The first-order chi connectivity index (χ1) is 14.1. The number of aromatic nitrogens is 3. The second-order valence-electron chi connectivity index (χ2n) is 6.57. The Hall–Kier alpha value is -3.48. The van der Waals surface area contributed by atoms with E-state index in [1.165, 1.54) is 0 Å². The number of carbonyl (C=O) groups is 1. The molecule has 0 saturated carbocycles. The van der Waals surface area contributed by atoms with Gasteiger partial charge in [0.05, 0.1) is 37.0 Å². The SMILES string of the molecule is CCOC(=O)c1c(C)nc2n(CCOc3ccc(OC)cc3)c3ccccc3n12. The highest BCUT2D eigenvalue weighted by molar-refractivity contribution is 5.93. The number of nitrogens with zero attached hydrogens (tertiary/aromatic N) is 3. The van der Waals surface area contributed by atoms with Crippen molar-refractivity contribution in [3.05, 3.63) is 59.9 Å². The van der Waals surface area contributed by atoms with Gasteiger partial charge in [-0.3, -0.25) is 4.40 Å². The molecule has 0 aliphatic rings. The number of ether oxygens (including phenoxy) is 3. The van der Waals surface area contributed by atoms with Crippen molar-refractivity contribution in [2.75, 3.05) is 20.3 Å². The Kier molecular flexibility index (Phi) is 5.12. The highest BCUT2D eigenvalue weighted by Crippen LogP contribution is 2.25. The lowest BCUT2D eigenvalue weighted by Gasteiger charge is -2.08. The Morgan fingerprint density at radius 3 is 2.41 bits per heavy atom. The lowest BCUT2D eigenvalue weighted by Crippen LogP contribution is -2.09. The molecule has 0 amide bonds. The maximum Gasteiger partial charge on any atom is 0.357 e. The van der Waals surface area contributed by atoms with E-state index in [0.717, 1.165) is 22.5 Å². The van der Waals surface area contributed by atoms with Crippen molar-refractivity contribution in [2.24, 2.45) is 0 Å². The topological polar surface area (TPSA) is 67.0 Å². The van der Waals surface area contributed by atoms with Gasteiger partial charge in [0.15, 0.2) is 5.69 Å². The summed E-state index contributed by atoms with van der Waals surface area (Å²) in [6.45, 7) is 4.99. The molecule has 2 aromatic heterocycles. The summed E-state index contributed by atoms with van der Waals surface area (Å²) < 4.78 is 20.2. The van der Waals surface area contributed by atoms with E-state index in [-0.39, 0.29) is 5.97 Å². The van der Waals surface area contributed by atoms with Crippen LogP contribution < -0.4 is 9.47 Å². The molecule has 0 unspecified atom stereocenters. The summed E-state index contributed by atoms with van der Waals surface area (Å²) >= 11 is 0. The van der Waals surface area contributed by atoms with Gasteiger partial charge in [0, 0.05) is 0 Å². The molecule has 2 aromatic carbocycles. The van der Waals surface area contributed by atoms with E-state index in [9.17, 15) is 4.79 Å². The van der Waals surface area contributed by atoms with Gasteiger partial charge in [0.2, 0.25) is 5.78 Å². The third-order valence-corrected chi connectivity index (χ3v) is 4.80. The molecule has 29 heavy (non-hydrogen) atoms. The molecule has 0 aliphatic heterocycles. The number of fused-ring (bicyclic) bond motifs is 3. The molecule has 0 saturated heterocycles. The Morgan fingerprint density at radius 1 is 1.03 bits per heavy atom. The van der Waals surface area contributed by atoms with Gasteiger partial charge < -0.3 is 18.8 Å². The summed E-state index contributed by atoms with van der Waals surface area (Å²) in [5.41, 5.74) is 3.01. The molecule has 0 radical (unpaired) electrons. The largest absolute Gasteiger partial charge is 0.497 e. The van der Waals surface area contributed by atoms with Gasteiger partial charge in [-0.1, -0.05) is 12.1 Å². The predicted molar refractivity (Wildman–Crippen MR) is 110 cm³/mol. The highest BCUT2D eigenvalue weighted by atomic mass is 16.5. The van der Waals surface area contributed by atoms with Gasteiger partial charge in [-0.05, 0) is 50.2 Å². The quantitative estimate of drug-likeness (QED) is 0.446. The van der Waals surface area contributed by atoms with Crippen LogP contribution in [-0.2, 0) is 11.3 Å². The van der Waals surface area contributed by atoms with Crippen molar-refractivity contribution < 1.29 is 19.0 Å². The standard InChI is InChI=1S/C22H23N3O4/c1-4-28-21(26)20-15(2)23-22-24(18-7-5-6-8-19(18)25(20)22)13-14-29-17-11-9-16(27-3)10-12-17/h5-12H,4,13-14H2,1-3H3. The van der Waals surface area contributed by atoms with Crippen molar-refractivity contribution in [3.63, 3.8) is 0 Å². The summed E-state index contributed by atoms with van der Waals surface area (Å²) in [5.74, 6) is 1.89. The smallest absolute Gasteiger partial charge is 0.357 e. The molecule has 0 fully saturated rings. The summed E-state index contributed by atoms with van der Waals surface area (Å²) in [7, 11) is 1.63. The lowest BCUT2D eigenvalue weighted by molar-refractivity contribution is 0.0518. The zero-order chi connectivity index (χ0) is 20.4. The number of rotatable bonds is 7. The minimum absolute atomic E-state index is 0.319. The first-order valence-electron chi connectivity index (χ1n) is 9.54. The van der Waals surface area contributed by atoms with Gasteiger partial charge in [-0.25, -0.2) is 9.78 Å². The fourth-order valence-corrected chi connectivity index (χ4v) is 3.50. The summed E-state index contributed by atoms with van der Waals surface area (Å²) in [5, 5.41) is 0. The number of esters is 1. The van der Waals surface area contributed by atoms with Gasteiger partial charge in [0.1, 0.15) is 18.1 Å². The zero-order valence-electron chi connectivity index (χ0n) is 16.7. The summed E-state index contributed by atoms with van der Waals surface area (Å²) in [6, 6.07) is 15.4. The van der Waals surface area contributed by atoms with Crippen molar-refractivity contribution >= 4 is 22.8 Å². The third-order valence-electron chi connectivity index (χ3n) is 4.80. The van der Waals surface area contributed by atoms with Gasteiger partial charge in [-0.15, -0.1) is 0 Å². The van der Waals surface area contributed by atoms with Crippen molar-refractivity contribution in [1.82, 2.24) is 14.0 Å². The average molecular weight is 393 g/mol. The third kappa shape index (κ3) is 3.40. The fourth-order valence-electron chi connectivity index (χ4n) is 3.50. The van der Waals surface area contributed by atoms with Crippen LogP contribution >= 0.6 is 0 Å². The zero-order valence-corrected chi connectivity index (χ0v) is 16.7. The van der Waals surface area contributed by atoms with Gasteiger partial charge in [-0.2, -0.15) is 0 Å². The molecule has 7 nitrogen and oxygen atoms in total. The fraction of sp³-hybridized carbons (Fsp3) is 0.273. The average Bonchev–Trinajstić information content (AvgIpc) is 3.22. The molecule has 0 bridgehead atoms. The number of hydrogen-bond acceptors (Lipinski definition) is 5. The molecular formula is C22H23N3O4. The van der Waals surface area contributed by atoms with Crippen LogP contribution in [0.5, 0.6) is 11.5 Å². The van der Waals surface area contributed by atoms with E-state index in [0.29, 0.717) is 36.9 Å². The molecule has 4 aromatic rings. The maximum absolute atomic E-state index is 12.5. The van der Waals surface area contributed by atoms with Gasteiger partial charge >= 0.3 is 5.97 Å². The van der Waals surface area contributed by atoms with E-state index < -0.39 is 0 Å². The number of methoxy groups -OCH3 is 1. The van der Waals surface area contributed by atoms with E-state index >= 15 is 0 Å². The monoisotopic (exact) mass is 393 g/mol. The predicted octanol–water partition coefficient (Wildman–Crippen LogP) is 3.86. The van der Waals surface area contributed by atoms with Crippen LogP contribution in [0.3, 0.4) is 0 Å². The van der Waals surface area contributed by atoms with Crippen molar-refractivity contribution in [2.45, 2.75) is 20.4 Å². The van der Waals surface area contributed by atoms with E-state index in [2.05, 4.69) is 9.55 Å². The van der Waals surface area contributed by atoms with Crippen LogP contribution in [0.2, 0.25) is 0 Å². The normalized spacial score (nSPS) is 11.1. The Balaban J connectivity index is 1.67. The molecule has 2 heterocycles.